The van der Waals surface area contributed by atoms with E-state index in [-0.39, 0.29) is 12.6 Å². The Labute approximate surface area is 150 Å². The van der Waals surface area contributed by atoms with Crippen LogP contribution < -0.4 is 4.72 Å². The molecule has 1 fully saturated rings. The van der Waals surface area contributed by atoms with Gasteiger partial charge in [0.25, 0.3) is 0 Å². The molecule has 1 amide bonds. The third-order valence-corrected chi connectivity index (χ3v) is 4.48. The molecule has 0 aromatic rings. The number of amides is 1. The maximum Gasteiger partial charge on any atom is 0.424 e. The van der Waals surface area contributed by atoms with Crippen LogP contribution >= 0.6 is 0 Å². The van der Waals surface area contributed by atoms with Crippen molar-refractivity contribution >= 4 is 16.1 Å². The van der Waals surface area contributed by atoms with Gasteiger partial charge in [-0.2, -0.15) is 0 Å². The minimum atomic E-state index is -3.33. The fraction of sp³-hybridized carbons (Fsp3) is 0.933. The Bertz CT molecular complexity index is 482. The van der Waals surface area contributed by atoms with Crippen LogP contribution in [0.2, 0.25) is 0 Å². The summed E-state index contributed by atoms with van der Waals surface area (Å²) in [5.74, 6) is 0. The van der Waals surface area contributed by atoms with Crippen molar-refractivity contribution in [3.05, 3.63) is 0 Å². The summed E-state index contributed by atoms with van der Waals surface area (Å²) >= 11 is 0. The van der Waals surface area contributed by atoms with Crippen molar-refractivity contribution in [3.63, 3.8) is 0 Å². The predicted octanol–water partition coefficient (Wildman–Crippen LogP) is 0.427. The summed E-state index contributed by atoms with van der Waals surface area (Å²) in [5, 5.41) is 3.54. The molecule has 1 saturated heterocycles. The Hall–Kier alpha value is -0.940. The van der Waals surface area contributed by atoms with Crippen molar-refractivity contribution in [2.45, 2.75) is 32.2 Å². The first kappa shape index (κ1) is 22.1. The number of nitrogens with one attached hydrogen (secondary N) is 1. The number of nitrogens with zero attached hydrogens (tertiary/aromatic N) is 2. The number of hydrazine groups is 1. The van der Waals surface area contributed by atoms with Crippen LogP contribution in [0.4, 0.5) is 4.79 Å². The van der Waals surface area contributed by atoms with Crippen molar-refractivity contribution in [3.8, 4) is 0 Å². The molecule has 1 aliphatic heterocycles. The van der Waals surface area contributed by atoms with Gasteiger partial charge in [0.05, 0.1) is 26.1 Å². The van der Waals surface area contributed by atoms with Crippen molar-refractivity contribution in [2.24, 2.45) is 0 Å². The molecular formula is C15H31N3O6S. The molecule has 0 radical (unpaired) electrons. The number of hydrogen-bond acceptors (Lipinski definition) is 7. The molecule has 1 N–H and O–H groups in total. The highest BCUT2D eigenvalue weighted by Crippen LogP contribution is 2.08. The second-order valence-electron chi connectivity index (χ2n) is 5.96. The number of ether oxygens (including phenoxy) is 3. The monoisotopic (exact) mass is 381 g/mol. The van der Waals surface area contributed by atoms with Crippen molar-refractivity contribution in [1.82, 2.24) is 14.7 Å². The van der Waals surface area contributed by atoms with Crippen LogP contribution in [0.3, 0.4) is 0 Å². The Morgan fingerprint density at radius 1 is 1.28 bits per heavy atom. The number of sulfonamides is 1. The van der Waals surface area contributed by atoms with Gasteiger partial charge in [0.1, 0.15) is 0 Å². The summed E-state index contributed by atoms with van der Waals surface area (Å²) in [6.45, 7) is 5.63. The van der Waals surface area contributed by atoms with E-state index in [1.54, 1.807) is 12.1 Å². The lowest BCUT2D eigenvalue weighted by molar-refractivity contribution is -0.0796. The molecule has 1 unspecified atom stereocenters. The first-order valence-electron chi connectivity index (χ1n) is 8.60. The highest BCUT2D eigenvalue weighted by atomic mass is 32.2. The molecule has 0 aliphatic carbocycles. The van der Waals surface area contributed by atoms with Crippen LogP contribution in [-0.4, -0.2) is 90.0 Å². The standard InChI is InChI=1S/C15H31N3O6S/c1-4-7-18(17-8-12-23-13-9-17)15(19)24-11-6-14(5-10-22-2)16-25(3,20)21/h14,16H,4-13H2,1-3H3. The highest BCUT2D eigenvalue weighted by molar-refractivity contribution is 7.88. The molecule has 148 valence electrons. The van der Waals surface area contributed by atoms with Gasteiger partial charge < -0.3 is 14.2 Å². The molecule has 1 aliphatic rings. The van der Waals surface area contributed by atoms with E-state index in [1.807, 2.05) is 11.9 Å². The number of morpholine rings is 1. The van der Waals surface area contributed by atoms with Gasteiger partial charge in [-0.25, -0.2) is 28.0 Å². The second kappa shape index (κ2) is 11.6. The Morgan fingerprint density at radius 3 is 2.48 bits per heavy atom. The minimum absolute atomic E-state index is 0.139. The van der Waals surface area contributed by atoms with E-state index < -0.39 is 16.1 Å². The van der Waals surface area contributed by atoms with Gasteiger partial charge in [0.15, 0.2) is 0 Å². The zero-order chi connectivity index (χ0) is 18.7. The average Bonchev–Trinajstić information content (AvgIpc) is 2.56. The summed E-state index contributed by atoms with van der Waals surface area (Å²) in [6, 6.07) is -0.328. The van der Waals surface area contributed by atoms with Gasteiger partial charge in [-0.15, -0.1) is 0 Å². The molecule has 0 bridgehead atoms. The Balaban J connectivity index is 2.49. The van der Waals surface area contributed by atoms with Crippen molar-refractivity contribution in [1.29, 1.82) is 0 Å². The molecule has 10 heteroatoms. The summed E-state index contributed by atoms with van der Waals surface area (Å²) in [6.07, 6.45) is 2.43. The Morgan fingerprint density at radius 2 is 1.92 bits per heavy atom. The van der Waals surface area contributed by atoms with Crippen LogP contribution in [0.15, 0.2) is 0 Å². The summed E-state index contributed by atoms with van der Waals surface area (Å²) in [4.78, 5) is 12.4. The van der Waals surface area contributed by atoms with Crippen molar-refractivity contribution < 1.29 is 27.4 Å². The largest absolute Gasteiger partial charge is 0.448 e. The molecule has 9 nitrogen and oxygen atoms in total. The van der Waals surface area contributed by atoms with E-state index in [1.165, 1.54) is 0 Å². The maximum atomic E-state index is 12.4. The van der Waals surface area contributed by atoms with E-state index in [0.717, 1.165) is 12.7 Å². The minimum Gasteiger partial charge on any atom is -0.448 e. The number of carbonyl (C=O) groups is 1. The number of carbonyl (C=O) groups excluding carboxylic acids is 1. The molecule has 0 saturated carbocycles. The average molecular weight is 381 g/mol. The number of rotatable bonds is 11. The highest BCUT2D eigenvalue weighted by Gasteiger charge is 2.24. The SMILES string of the molecule is CCCN(C(=O)OCCC(CCOC)NS(C)(=O)=O)N1CCOCC1. The van der Waals surface area contributed by atoms with Gasteiger partial charge in [-0.1, -0.05) is 6.92 Å². The summed E-state index contributed by atoms with van der Waals surface area (Å²) in [7, 11) is -1.77. The molecule has 1 atom stereocenters. The molecular weight excluding hydrogens is 350 g/mol. The van der Waals surface area contributed by atoms with E-state index in [4.69, 9.17) is 14.2 Å². The molecule has 0 aromatic heterocycles. The van der Waals surface area contributed by atoms with Gasteiger partial charge >= 0.3 is 6.09 Å². The lowest BCUT2D eigenvalue weighted by Crippen LogP contribution is -2.52. The van der Waals surface area contributed by atoms with Crippen LogP contribution in [0, 0.1) is 0 Å². The zero-order valence-electron chi connectivity index (χ0n) is 15.4. The lowest BCUT2D eigenvalue weighted by Gasteiger charge is -2.36. The topological polar surface area (TPSA) is 97.4 Å². The second-order valence-corrected chi connectivity index (χ2v) is 7.74. The summed E-state index contributed by atoms with van der Waals surface area (Å²) < 4.78 is 41.0. The third-order valence-electron chi connectivity index (χ3n) is 3.72. The van der Waals surface area contributed by atoms with E-state index in [0.29, 0.717) is 52.3 Å². The van der Waals surface area contributed by atoms with E-state index in [2.05, 4.69) is 4.72 Å². The van der Waals surface area contributed by atoms with Crippen molar-refractivity contribution in [2.75, 3.05) is 59.4 Å². The first-order chi connectivity index (χ1) is 11.9. The smallest absolute Gasteiger partial charge is 0.424 e. The van der Waals surface area contributed by atoms with Gasteiger partial charge in [-0.05, 0) is 19.3 Å². The number of methoxy groups -OCH3 is 1. The summed E-state index contributed by atoms with van der Waals surface area (Å²) in [5.41, 5.74) is 0. The molecule has 25 heavy (non-hydrogen) atoms. The Kier molecular flexibility index (Phi) is 10.3. The molecule has 1 heterocycles. The van der Waals surface area contributed by atoms with Gasteiger partial charge in [0.2, 0.25) is 10.0 Å². The fourth-order valence-corrected chi connectivity index (χ4v) is 3.38. The van der Waals surface area contributed by atoms with E-state index in [9.17, 15) is 13.2 Å². The van der Waals surface area contributed by atoms with Gasteiger partial charge in [0, 0.05) is 39.4 Å². The van der Waals surface area contributed by atoms with Gasteiger partial charge in [-0.3, -0.25) is 0 Å². The number of hydrogen-bond donors (Lipinski definition) is 1. The first-order valence-corrected chi connectivity index (χ1v) is 10.5. The zero-order valence-corrected chi connectivity index (χ0v) is 16.2. The van der Waals surface area contributed by atoms with Crippen LogP contribution in [0.5, 0.6) is 0 Å². The molecule has 0 spiro atoms. The quantitative estimate of drug-likeness (QED) is 0.554. The van der Waals surface area contributed by atoms with Crippen LogP contribution in [-0.2, 0) is 24.2 Å². The maximum absolute atomic E-state index is 12.4. The fourth-order valence-electron chi connectivity index (χ4n) is 2.54. The molecule has 0 aromatic carbocycles. The lowest BCUT2D eigenvalue weighted by atomic mass is 10.2. The van der Waals surface area contributed by atoms with E-state index >= 15 is 0 Å². The third kappa shape index (κ3) is 9.36. The van der Waals surface area contributed by atoms with Crippen LogP contribution in [0.1, 0.15) is 26.2 Å². The normalized spacial score (nSPS) is 17.2. The molecule has 1 rings (SSSR count). The van der Waals surface area contributed by atoms with Crippen LogP contribution in [0.25, 0.3) is 0 Å². The predicted molar refractivity (Wildman–Crippen MR) is 93.6 cm³/mol.